The molecule has 0 spiro atoms. The number of carbonyl (C=O) groups excluding carboxylic acids is 2. The molecule has 0 bridgehead atoms. The first-order chi connectivity index (χ1) is 7.44. The summed E-state index contributed by atoms with van der Waals surface area (Å²) >= 11 is 0. The second-order valence-corrected chi connectivity index (χ2v) is 4.53. The van der Waals surface area contributed by atoms with Crippen LogP contribution in [0.2, 0.25) is 0 Å². The molecule has 2 rings (SSSR count). The van der Waals surface area contributed by atoms with E-state index in [0.717, 1.165) is 0 Å². The number of amides is 3. The summed E-state index contributed by atoms with van der Waals surface area (Å²) in [6, 6.07) is -0.404. The maximum absolute atomic E-state index is 12.0. The van der Waals surface area contributed by atoms with E-state index in [1.807, 2.05) is 13.8 Å². The van der Waals surface area contributed by atoms with Gasteiger partial charge in [0.05, 0.1) is 0 Å². The van der Waals surface area contributed by atoms with Crippen molar-refractivity contribution in [2.45, 2.75) is 26.4 Å². The molecule has 0 aromatic heterocycles. The van der Waals surface area contributed by atoms with Crippen molar-refractivity contribution in [2.24, 2.45) is 15.9 Å². The molecule has 0 aliphatic carbocycles. The number of imide groups is 1. The Morgan fingerprint density at radius 1 is 1.50 bits per heavy atom. The van der Waals surface area contributed by atoms with Crippen molar-refractivity contribution in [3.05, 3.63) is 0 Å². The Labute approximate surface area is 93.4 Å². The molecule has 1 saturated heterocycles. The van der Waals surface area contributed by atoms with E-state index in [2.05, 4.69) is 15.3 Å². The van der Waals surface area contributed by atoms with Gasteiger partial charge in [-0.2, -0.15) is 0 Å². The largest absolute Gasteiger partial charge is 0.326 e. The number of carbonyl (C=O) groups is 2. The van der Waals surface area contributed by atoms with E-state index in [4.69, 9.17) is 0 Å². The van der Waals surface area contributed by atoms with Crippen molar-refractivity contribution in [3.63, 3.8) is 0 Å². The Kier molecular flexibility index (Phi) is 2.29. The number of urea groups is 1. The number of nitrogens with zero attached hydrogens (tertiary/aromatic N) is 3. The first kappa shape index (κ1) is 10.8. The van der Waals surface area contributed by atoms with Crippen LogP contribution >= 0.6 is 0 Å². The van der Waals surface area contributed by atoms with Gasteiger partial charge in [0.25, 0.3) is 5.91 Å². The molecule has 6 heteroatoms. The van der Waals surface area contributed by atoms with Crippen LogP contribution in [0.25, 0.3) is 0 Å². The van der Waals surface area contributed by atoms with E-state index >= 15 is 0 Å². The van der Waals surface area contributed by atoms with Crippen LogP contribution in [0.1, 0.15) is 20.8 Å². The highest BCUT2D eigenvalue weighted by molar-refractivity contribution is 6.47. The van der Waals surface area contributed by atoms with E-state index in [-0.39, 0.29) is 17.5 Å². The lowest BCUT2D eigenvalue weighted by atomic mass is 10.0. The Morgan fingerprint density at radius 2 is 2.19 bits per heavy atom. The van der Waals surface area contributed by atoms with Gasteiger partial charge < -0.3 is 5.32 Å². The molecule has 86 valence electrons. The molecule has 1 atom stereocenters. The van der Waals surface area contributed by atoms with Crippen LogP contribution in [0.3, 0.4) is 0 Å². The van der Waals surface area contributed by atoms with Gasteiger partial charge >= 0.3 is 6.03 Å². The Morgan fingerprint density at radius 3 is 2.81 bits per heavy atom. The average molecular weight is 222 g/mol. The fourth-order valence-corrected chi connectivity index (χ4v) is 1.77. The molecule has 16 heavy (non-hydrogen) atoms. The molecule has 0 radical (unpaired) electrons. The zero-order valence-corrected chi connectivity index (χ0v) is 9.52. The van der Waals surface area contributed by atoms with Crippen molar-refractivity contribution in [1.82, 2.24) is 10.2 Å². The zero-order chi connectivity index (χ0) is 11.9. The van der Waals surface area contributed by atoms with Crippen LogP contribution in [-0.4, -0.2) is 41.1 Å². The lowest BCUT2D eigenvalue weighted by Crippen LogP contribution is -2.65. The minimum absolute atomic E-state index is 0.224. The van der Waals surface area contributed by atoms with Crippen LogP contribution in [0.5, 0.6) is 0 Å². The van der Waals surface area contributed by atoms with Crippen molar-refractivity contribution in [3.8, 4) is 0 Å². The molecule has 2 heterocycles. The first-order valence-electron chi connectivity index (χ1n) is 5.20. The molecule has 0 saturated carbocycles. The number of rotatable bonds is 2. The number of fused-ring (bicyclic) bond motifs is 1. The second-order valence-electron chi connectivity index (χ2n) is 4.53. The molecule has 2 aliphatic heterocycles. The molecule has 0 aromatic carbocycles. The molecule has 2 aliphatic rings. The average Bonchev–Trinajstić information content (AvgIpc) is 2.54. The molecule has 6 nitrogen and oxygen atoms in total. The Balaban J connectivity index is 2.28. The topological polar surface area (TPSA) is 74.1 Å². The summed E-state index contributed by atoms with van der Waals surface area (Å²) in [6.45, 7) is 5.94. The SMILES string of the molecule is CC(C)CN1C(=O)NC2(C)N=CN=C2C1=O. The predicted octanol–water partition coefficient (Wildman–Crippen LogP) is 0.393. The van der Waals surface area contributed by atoms with E-state index in [1.165, 1.54) is 11.2 Å². The van der Waals surface area contributed by atoms with Gasteiger partial charge in [0.15, 0.2) is 11.4 Å². The lowest BCUT2D eigenvalue weighted by molar-refractivity contribution is -0.122. The fraction of sp³-hybridized carbons (Fsp3) is 0.600. The van der Waals surface area contributed by atoms with Gasteiger partial charge in [-0.15, -0.1) is 0 Å². The summed E-state index contributed by atoms with van der Waals surface area (Å²) in [5.41, 5.74) is -0.686. The van der Waals surface area contributed by atoms with E-state index in [9.17, 15) is 9.59 Å². The standard InChI is InChI=1S/C10H14N4O2/c1-6(2)4-14-8(15)7-10(3,12-5-11-7)13-9(14)16/h5-6H,4H2,1-3H3,(H,13,16). The summed E-state index contributed by atoms with van der Waals surface area (Å²) in [4.78, 5) is 32.9. The molecule has 0 aromatic rings. The van der Waals surface area contributed by atoms with Gasteiger partial charge in [-0.05, 0) is 12.8 Å². The van der Waals surface area contributed by atoms with E-state index in [0.29, 0.717) is 6.54 Å². The fourth-order valence-electron chi connectivity index (χ4n) is 1.77. The Bertz CT molecular complexity index is 413. The molecule has 3 amide bonds. The third kappa shape index (κ3) is 1.50. The van der Waals surface area contributed by atoms with Crippen LogP contribution < -0.4 is 5.32 Å². The summed E-state index contributed by atoms with van der Waals surface area (Å²) in [6.07, 6.45) is 1.31. The van der Waals surface area contributed by atoms with Gasteiger partial charge in [0, 0.05) is 6.54 Å². The maximum Gasteiger partial charge on any atom is 0.326 e. The van der Waals surface area contributed by atoms with Gasteiger partial charge in [-0.25, -0.2) is 14.8 Å². The minimum atomic E-state index is -0.971. The summed E-state index contributed by atoms with van der Waals surface area (Å²) in [5.74, 6) is -0.126. The smallest absolute Gasteiger partial charge is 0.308 e. The number of nitrogens with one attached hydrogen (secondary N) is 1. The third-order valence-electron chi connectivity index (χ3n) is 2.55. The summed E-state index contributed by atoms with van der Waals surface area (Å²) in [7, 11) is 0. The molecular weight excluding hydrogens is 208 g/mol. The third-order valence-corrected chi connectivity index (χ3v) is 2.55. The van der Waals surface area contributed by atoms with Crippen LogP contribution in [0.4, 0.5) is 4.79 Å². The summed E-state index contributed by atoms with van der Waals surface area (Å²) in [5, 5.41) is 2.68. The van der Waals surface area contributed by atoms with E-state index < -0.39 is 11.7 Å². The number of aliphatic imine (C=N–C) groups is 2. The zero-order valence-electron chi connectivity index (χ0n) is 9.52. The van der Waals surface area contributed by atoms with Gasteiger partial charge in [-0.3, -0.25) is 9.69 Å². The highest BCUT2D eigenvalue weighted by atomic mass is 16.2. The van der Waals surface area contributed by atoms with Gasteiger partial charge in [-0.1, -0.05) is 13.8 Å². The number of hydrogen-bond acceptors (Lipinski definition) is 4. The van der Waals surface area contributed by atoms with E-state index in [1.54, 1.807) is 6.92 Å². The first-order valence-corrected chi connectivity index (χ1v) is 5.20. The van der Waals surface area contributed by atoms with Crippen molar-refractivity contribution >= 4 is 24.0 Å². The van der Waals surface area contributed by atoms with Crippen LogP contribution in [0.15, 0.2) is 9.98 Å². The second kappa shape index (κ2) is 3.40. The lowest BCUT2D eigenvalue weighted by Gasteiger charge is -2.35. The molecule has 1 N–H and O–H groups in total. The molecule has 1 unspecified atom stereocenters. The highest BCUT2D eigenvalue weighted by Crippen LogP contribution is 2.21. The van der Waals surface area contributed by atoms with Crippen molar-refractivity contribution in [2.75, 3.05) is 6.54 Å². The van der Waals surface area contributed by atoms with Gasteiger partial charge in [0.2, 0.25) is 0 Å². The van der Waals surface area contributed by atoms with Crippen molar-refractivity contribution in [1.29, 1.82) is 0 Å². The normalized spacial score (nSPS) is 28.2. The van der Waals surface area contributed by atoms with Crippen LogP contribution in [0, 0.1) is 5.92 Å². The quantitative estimate of drug-likeness (QED) is 0.734. The Hall–Kier alpha value is -1.72. The monoisotopic (exact) mass is 222 g/mol. The highest BCUT2D eigenvalue weighted by Gasteiger charge is 2.47. The number of hydrogen-bond donors (Lipinski definition) is 1. The maximum atomic E-state index is 12.0. The minimum Gasteiger partial charge on any atom is -0.308 e. The molecule has 1 fully saturated rings. The van der Waals surface area contributed by atoms with Gasteiger partial charge in [0.1, 0.15) is 6.34 Å². The predicted molar refractivity (Wildman–Crippen MR) is 59.4 cm³/mol. The summed E-state index contributed by atoms with van der Waals surface area (Å²) < 4.78 is 0. The van der Waals surface area contributed by atoms with Crippen LogP contribution in [-0.2, 0) is 4.79 Å². The van der Waals surface area contributed by atoms with Crippen molar-refractivity contribution < 1.29 is 9.59 Å². The molecular formula is C10H14N4O2.